The van der Waals surface area contributed by atoms with E-state index < -0.39 is 0 Å². The first-order chi connectivity index (χ1) is 7.65. The van der Waals surface area contributed by atoms with Gasteiger partial charge in [0.15, 0.2) is 5.13 Å². The lowest BCUT2D eigenvalue weighted by Gasteiger charge is -2.00. The lowest BCUT2D eigenvalue weighted by Crippen LogP contribution is -2.11. The SMILES string of the molecule is Cc1cnc(NC(=O)c2cncc(O)c2)s1. The van der Waals surface area contributed by atoms with Gasteiger partial charge in [0.05, 0.1) is 11.8 Å². The minimum absolute atomic E-state index is 0.0389. The molecule has 0 unspecified atom stereocenters. The highest BCUT2D eigenvalue weighted by Gasteiger charge is 2.09. The first-order valence-corrected chi connectivity index (χ1v) is 5.34. The van der Waals surface area contributed by atoms with Crippen LogP contribution in [-0.2, 0) is 0 Å². The van der Waals surface area contributed by atoms with E-state index in [4.69, 9.17) is 0 Å². The fourth-order valence-electron chi connectivity index (χ4n) is 1.13. The number of hydrogen-bond acceptors (Lipinski definition) is 5. The molecule has 0 bridgehead atoms. The molecule has 0 fully saturated rings. The van der Waals surface area contributed by atoms with E-state index in [0.717, 1.165) is 4.88 Å². The first-order valence-electron chi connectivity index (χ1n) is 4.53. The summed E-state index contributed by atoms with van der Waals surface area (Å²) in [5.74, 6) is -0.374. The van der Waals surface area contributed by atoms with Gasteiger partial charge in [0, 0.05) is 17.3 Å². The zero-order valence-electron chi connectivity index (χ0n) is 8.47. The van der Waals surface area contributed by atoms with Crippen molar-refractivity contribution in [3.8, 4) is 5.75 Å². The van der Waals surface area contributed by atoms with Crippen LogP contribution >= 0.6 is 11.3 Å². The molecule has 82 valence electrons. The van der Waals surface area contributed by atoms with Gasteiger partial charge in [-0.15, -0.1) is 11.3 Å². The van der Waals surface area contributed by atoms with Crippen LogP contribution in [-0.4, -0.2) is 21.0 Å². The molecule has 0 saturated heterocycles. The van der Waals surface area contributed by atoms with Gasteiger partial charge in [-0.3, -0.25) is 15.1 Å². The smallest absolute Gasteiger partial charge is 0.259 e. The Balaban J connectivity index is 2.14. The van der Waals surface area contributed by atoms with Gasteiger partial charge in [-0.1, -0.05) is 0 Å². The van der Waals surface area contributed by atoms with Crippen LogP contribution in [0.5, 0.6) is 5.75 Å². The molecule has 2 N–H and O–H groups in total. The van der Waals surface area contributed by atoms with Crippen LogP contribution in [0.15, 0.2) is 24.7 Å². The second-order valence-corrected chi connectivity index (χ2v) is 4.40. The molecule has 2 aromatic heterocycles. The fraction of sp³-hybridized carbons (Fsp3) is 0.100. The maximum absolute atomic E-state index is 11.7. The summed E-state index contributed by atoms with van der Waals surface area (Å²) in [7, 11) is 0. The van der Waals surface area contributed by atoms with E-state index >= 15 is 0 Å². The summed E-state index contributed by atoms with van der Waals surface area (Å²) in [4.78, 5) is 20.4. The lowest BCUT2D eigenvalue weighted by atomic mass is 10.2. The number of carbonyl (C=O) groups excluding carboxylic acids is 1. The van der Waals surface area contributed by atoms with Gasteiger partial charge >= 0.3 is 0 Å². The van der Waals surface area contributed by atoms with Crippen LogP contribution < -0.4 is 5.32 Å². The van der Waals surface area contributed by atoms with E-state index in [-0.39, 0.29) is 11.7 Å². The molecule has 5 nitrogen and oxygen atoms in total. The molecule has 0 aromatic carbocycles. The number of pyridine rings is 1. The average molecular weight is 235 g/mol. The monoisotopic (exact) mass is 235 g/mol. The summed E-state index contributed by atoms with van der Waals surface area (Å²) >= 11 is 1.39. The molecule has 2 rings (SSSR count). The van der Waals surface area contributed by atoms with Gasteiger partial charge in [-0.05, 0) is 13.0 Å². The van der Waals surface area contributed by atoms with Crippen LogP contribution in [0.1, 0.15) is 15.2 Å². The topological polar surface area (TPSA) is 75.1 Å². The molecule has 1 amide bonds. The number of rotatable bonds is 2. The largest absolute Gasteiger partial charge is 0.506 e. The molecule has 0 spiro atoms. The third-order valence-electron chi connectivity index (χ3n) is 1.83. The highest BCUT2D eigenvalue weighted by Crippen LogP contribution is 2.18. The number of anilines is 1. The molecule has 0 saturated carbocycles. The van der Waals surface area contributed by atoms with Gasteiger partial charge in [-0.2, -0.15) is 0 Å². The second-order valence-electron chi connectivity index (χ2n) is 3.16. The number of aryl methyl sites for hydroxylation is 1. The van der Waals surface area contributed by atoms with E-state index in [1.807, 2.05) is 6.92 Å². The maximum Gasteiger partial charge on any atom is 0.259 e. The summed E-state index contributed by atoms with van der Waals surface area (Å²) < 4.78 is 0. The van der Waals surface area contributed by atoms with Crippen LogP contribution in [0.4, 0.5) is 5.13 Å². The summed E-state index contributed by atoms with van der Waals surface area (Å²) in [5.41, 5.74) is 0.299. The van der Waals surface area contributed by atoms with Crippen molar-refractivity contribution in [3.05, 3.63) is 35.1 Å². The number of hydrogen-bond donors (Lipinski definition) is 2. The van der Waals surface area contributed by atoms with Crippen molar-refractivity contribution in [2.75, 3.05) is 5.32 Å². The molecule has 6 heteroatoms. The number of amides is 1. The molecule has 0 radical (unpaired) electrons. The Labute approximate surface area is 95.8 Å². The highest BCUT2D eigenvalue weighted by atomic mass is 32.1. The lowest BCUT2D eigenvalue weighted by molar-refractivity contribution is 0.102. The van der Waals surface area contributed by atoms with Crippen LogP contribution in [0.25, 0.3) is 0 Å². The van der Waals surface area contributed by atoms with Crippen molar-refractivity contribution < 1.29 is 9.90 Å². The van der Waals surface area contributed by atoms with Gasteiger partial charge in [-0.25, -0.2) is 4.98 Å². The predicted octanol–water partition coefficient (Wildman–Crippen LogP) is 1.80. The third-order valence-corrected chi connectivity index (χ3v) is 2.66. The van der Waals surface area contributed by atoms with Crippen LogP contribution in [0.3, 0.4) is 0 Å². The highest BCUT2D eigenvalue weighted by molar-refractivity contribution is 7.15. The van der Waals surface area contributed by atoms with Gasteiger partial charge in [0.1, 0.15) is 5.75 Å². The summed E-state index contributed by atoms with van der Waals surface area (Å²) in [6.45, 7) is 1.91. The minimum atomic E-state index is -0.335. The van der Waals surface area contributed by atoms with Gasteiger partial charge in [0.2, 0.25) is 0 Å². The molecular formula is C10H9N3O2S. The Hall–Kier alpha value is -1.95. The number of carbonyl (C=O) groups is 1. The summed E-state index contributed by atoms with van der Waals surface area (Å²) in [6.07, 6.45) is 4.33. The van der Waals surface area contributed by atoms with Crippen LogP contribution in [0.2, 0.25) is 0 Å². The van der Waals surface area contributed by atoms with E-state index in [1.165, 1.54) is 29.8 Å². The average Bonchev–Trinajstić information content (AvgIpc) is 2.64. The zero-order chi connectivity index (χ0) is 11.5. The molecule has 2 heterocycles. The van der Waals surface area contributed by atoms with Gasteiger partial charge in [0.25, 0.3) is 5.91 Å². The second kappa shape index (κ2) is 4.28. The van der Waals surface area contributed by atoms with E-state index in [2.05, 4.69) is 15.3 Å². The normalized spacial score (nSPS) is 10.1. The Kier molecular flexibility index (Phi) is 2.82. The molecule has 0 aliphatic heterocycles. The molecule has 2 aromatic rings. The zero-order valence-corrected chi connectivity index (χ0v) is 9.28. The van der Waals surface area contributed by atoms with Crippen LogP contribution in [0, 0.1) is 6.92 Å². The molecule has 0 aliphatic rings. The predicted molar refractivity (Wildman–Crippen MR) is 60.7 cm³/mol. The number of nitrogens with zero attached hydrogens (tertiary/aromatic N) is 2. The van der Waals surface area contributed by atoms with Gasteiger partial charge < -0.3 is 5.11 Å². The van der Waals surface area contributed by atoms with Crippen molar-refractivity contribution in [2.24, 2.45) is 0 Å². The number of nitrogens with one attached hydrogen (secondary N) is 1. The number of aromatic nitrogens is 2. The maximum atomic E-state index is 11.7. The van der Waals surface area contributed by atoms with E-state index in [0.29, 0.717) is 10.7 Å². The van der Waals surface area contributed by atoms with Crippen molar-refractivity contribution in [1.29, 1.82) is 0 Å². The first kappa shape index (κ1) is 10.6. The molecule has 16 heavy (non-hydrogen) atoms. The summed E-state index contributed by atoms with van der Waals surface area (Å²) in [6, 6.07) is 1.35. The Bertz CT molecular complexity index is 524. The minimum Gasteiger partial charge on any atom is -0.506 e. The number of thiazole rings is 1. The molecular weight excluding hydrogens is 226 g/mol. The van der Waals surface area contributed by atoms with Crippen molar-refractivity contribution >= 4 is 22.4 Å². The van der Waals surface area contributed by atoms with Crippen molar-refractivity contribution in [1.82, 2.24) is 9.97 Å². The van der Waals surface area contributed by atoms with Crippen molar-refractivity contribution in [2.45, 2.75) is 6.92 Å². The Morgan fingerprint density at radius 2 is 2.25 bits per heavy atom. The summed E-state index contributed by atoms with van der Waals surface area (Å²) in [5, 5.41) is 12.3. The molecule has 0 aliphatic carbocycles. The molecule has 0 atom stereocenters. The van der Waals surface area contributed by atoms with E-state index in [9.17, 15) is 9.90 Å². The Morgan fingerprint density at radius 3 is 2.88 bits per heavy atom. The quantitative estimate of drug-likeness (QED) is 0.832. The Morgan fingerprint density at radius 1 is 1.44 bits per heavy atom. The standard InChI is InChI=1S/C10H9N3O2S/c1-6-3-12-10(16-6)13-9(15)7-2-8(14)5-11-4-7/h2-5,14H,1H3,(H,12,13,15). The van der Waals surface area contributed by atoms with E-state index in [1.54, 1.807) is 6.20 Å². The number of aromatic hydroxyl groups is 1. The fourth-order valence-corrected chi connectivity index (χ4v) is 1.79. The third kappa shape index (κ3) is 2.34. The van der Waals surface area contributed by atoms with Crippen molar-refractivity contribution in [3.63, 3.8) is 0 Å².